The topological polar surface area (TPSA) is 78.1 Å². The van der Waals surface area contributed by atoms with Crippen LogP contribution in [0.5, 0.6) is 0 Å². The summed E-state index contributed by atoms with van der Waals surface area (Å²) >= 11 is 0. The number of amides is 1. The van der Waals surface area contributed by atoms with Gasteiger partial charge in [-0.3, -0.25) is 4.79 Å². The standard InChI is InChI=1S/C19H18N4O2/c1-23(2)15-10-8-14(9-11-15)20-18(24)17-12-16(21-19(25)22-17)13-6-4-3-5-7-13/h3-12H,1-2H3,(H,20,24)(H,21,22,25). The molecule has 25 heavy (non-hydrogen) atoms. The molecular weight excluding hydrogens is 316 g/mol. The fourth-order valence-corrected chi connectivity index (χ4v) is 2.38. The van der Waals surface area contributed by atoms with E-state index in [4.69, 9.17) is 0 Å². The normalized spacial score (nSPS) is 10.3. The third-order valence-corrected chi connectivity index (χ3v) is 3.70. The molecule has 0 aliphatic rings. The number of H-pyrrole nitrogens is 1. The Balaban J connectivity index is 1.85. The Morgan fingerprint density at radius 1 is 1.04 bits per heavy atom. The molecule has 6 nitrogen and oxygen atoms in total. The Labute approximate surface area is 145 Å². The third kappa shape index (κ3) is 3.92. The van der Waals surface area contributed by atoms with Gasteiger partial charge < -0.3 is 15.2 Å². The largest absolute Gasteiger partial charge is 0.378 e. The summed E-state index contributed by atoms with van der Waals surface area (Å²) in [6, 6.07) is 18.2. The Kier molecular flexibility index (Phi) is 4.61. The van der Waals surface area contributed by atoms with Gasteiger partial charge >= 0.3 is 5.69 Å². The van der Waals surface area contributed by atoms with Gasteiger partial charge in [0, 0.05) is 31.0 Å². The fourth-order valence-electron chi connectivity index (χ4n) is 2.38. The van der Waals surface area contributed by atoms with Crippen LogP contribution in [0.15, 0.2) is 65.5 Å². The van der Waals surface area contributed by atoms with E-state index in [2.05, 4.69) is 15.3 Å². The Morgan fingerprint density at radius 3 is 2.36 bits per heavy atom. The number of aromatic amines is 1. The number of carbonyl (C=O) groups excluding carboxylic acids is 1. The maximum absolute atomic E-state index is 12.4. The summed E-state index contributed by atoms with van der Waals surface area (Å²) in [6.45, 7) is 0. The zero-order chi connectivity index (χ0) is 17.8. The first-order chi connectivity index (χ1) is 12.0. The van der Waals surface area contributed by atoms with Crippen molar-refractivity contribution in [2.24, 2.45) is 0 Å². The lowest BCUT2D eigenvalue weighted by molar-refractivity contribution is 0.102. The molecule has 2 aromatic carbocycles. The molecule has 1 amide bonds. The van der Waals surface area contributed by atoms with Gasteiger partial charge in [0.05, 0.1) is 5.69 Å². The van der Waals surface area contributed by atoms with Crippen LogP contribution in [-0.2, 0) is 0 Å². The van der Waals surface area contributed by atoms with Crippen LogP contribution in [0.25, 0.3) is 11.3 Å². The molecule has 2 N–H and O–H groups in total. The van der Waals surface area contributed by atoms with Crippen molar-refractivity contribution in [2.45, 2.75) is 0 Å². The highest BCUT2D eigenvalue weighted by Gasteiger charge is 2.11. The molecule has 0 aliphatic carbocycles. The lowest BCUT2D eigenvalue weighted by Gasteiger charge is -2.13. The van der Waals surface area contributed by atoms with Gasteiger partial charge in [-0.15, -0.1) is 0 Å². The van der Waals surface area contributed by atoms with Gasteiger partial charge in [-0.25, -0.2) is 4.79 Å². The number of benzene rings is 2. The molecule has 0 saturated carbocycles. The maximum Gasteiger partial charge on any atom is 0.346 e. The summed E-state index contributed by atoms with van der Waals surface area (Å²) in [5.74, 6) is -0.394. The minimum Gasteiger partial charge on any atom is -0.378 e. The summed E-state index contributed by atoms with van der Waals surface area (Å²) < 4.78 is 0. The zero-order valence-corrected chi connectivity index (χ0v) is 14.0. The summed E-state index contributed by atoms with van der Waals surface area (Å²) in [5, 5.41) is 2.77. The van der Waals surface area contributed by atoms with Crippen molar-refractivity contribution in [3.8, 4) is 11.3 Å². The van der Waals surface area contributed by atoms with Crippen molar-refractivity contribution in [2.75, 3.05) is 24.3 Å². The van der Waals surface area contributed by atoms with Crippen LogP contribution in [0.3, 0.4) is 0 Å². The van der Waals surface area contributed by atoms with Crippen molar-refractivity contribution in [1.82, 2.24) is 9.97 Å². The number of nitrogens with one attached hydrogen (secondary N) is 2. The van der Waals surface area contributed by atoms with Crippen LogP contribution >= 0.6 is 0 Å². The predicted octanol–water partition coefficient (Wildman–Crippen LogP) is 2.76. The van der Waals surface area contributed by atoms with Crippen LogP contribution in [0, 0.1) is 0 Å². The molecule has 3 rings (SSSR count). The molecule has 3 aromatic rings. The van der Waals surface area contributed by atoms with Gasteiger partial charge in [0.1, 0.15) is 5.69 Å². The number of nitrogens with zero attached hydrogens (tertiary/aromatic N) is 2. The molecule has 0 radical (unpaired) electrons. The molecule has 126 valence electrons. The Hall–Kier alpha value is -3.41. The van der Waals surface area contributed by atoms with Crippen LogP contribution in [-0.4, -0.2) is 30.0 Å². The highest BCUT2D eigenvalue weighted by atomic mass is 16.2. The lowest BCUT2D eigenvalue weighted by atomic mass is 10.1. The molecule has 1 heterocycles. The van der Waals surface area contributed by atoms with Gasteiger partial charge in [0.2, 0.25) is 0 Å². The summed E-state index contributed by atoms with van der Waals surface area (Å²) in [7, 11) is 3.89. The van der Waals surface area contributed by atoms with E-state index >= 15 is 0 Å². The van der Waals surface area contributed by atoms with E-state index in [9.17, 15) is 9.59 Å². The first kappa shape index (κ1) is 16.4. The monoisotopic (exact) mass is 334 g/mol. The highest BCUT2D eigenvalue weighted by molar-refractivity contribution is 6.03. The molecular formula is C19H18N4O2. The van der Waals surface area contributed by atoms with E-state index in [0.29, 0.717) is 11.4 Å². The van der Waals surface area contributed by atoms with Gasteiger partial charge in [0.25, 0.3) is 5.91 Å². The van der Waals surface area contributed by atoms with E-state index in [1.807, 2.05) is 73.6 Å². The summed E-state index contributed by atoms with van der Waals surface area (Å²) in [4.78, 5) is 32.6. The second-order valence-corrected chi connectivity index (χ2v) is 5.75. The Morgan fingerprint density at radius 2 is 1.72 bits per heavy atom. The highest BCUT2D eigenvalue weighted by Crippen LogP contribution is 2.18. The minimum atomic E-state index is -0.561. The first-order valence-electron chi connectivity index (χ1n) is 7.78. The molecule has 1 aromatic heterocycles. The smallest absolute Gasteiger partial charge is 0.346 e. The molecule has 0 bridgehead atoms. The van der Waals surface area contributed by atoms with Crippen LogP contribution < -0.4 is 15.9 Å². The van der Waals surface area contributed by atoms with Crippen LogP contribution in [0.2, 0.25) is 0 Å². The van der Waals surface area contributed by atoms with E-state index < -0.39 is 11.6 Å². The fraction of sp³-hybridized carbons (Fsp3) is 0.105. The van der Waals surface area contributed by atoms with Gasteiger partial charge in [-0.2, -0.15) is 4.98 Å². The molecule has 0 saturated heterocycles. The molecule has 0 spiro atoms. The molecule has 0 fully saturated rings. The van der Waals surface area contributed by atoms with Gasteiger partial charge in [0.15, 0.2) is 0 Å². The van der Waals surface area contributed by atoms with Gasteiger partial charge in [-0.1, -0.05) is 30.3 Å². The second-order valence-electron chi connectivity index (χ2n) is 5.75. The zero-order valence-electron chi connectivity index (χ0n) is 14.0. The maximum atomic E-state index is 12.4. The third-order valence-electron chi connectivity index (χ3n) is 3.70. The van der Waals surface area contributed by atoms with Crippen molar-refractivity contribution in [1.29, 1.82) is 0 Å². The van der Waals surface area contributed by atoms with Crippen LogP contribution in [0.1, 0.15) is 10.5 Å². The Bertz CT molecular complexity index is 932. The number of hydrogen-bond acceptors (Lipinski definition) is 4. The molecule has 0 aliphatic heterocycles. The van der Waals surface area contributed by atoms with E-state index in [-0.39, 0.29) is 5.69 Å². The average molecular weight is 334 g/mol. The molecule has 0 atom stereocenters. The van der Waals surface area contributed by atoms with E-state index in [0.717, 1.165) is 11.3 Å². The second kappa shape index (κ2) is 7.00. The first-order valence-corrected chi connectivity index (χ1v) is 7.78. The number of aromatic nitrogens is 2. The average Bonchev–Trinajstić information content (AvgIpc) is 2.62. The number of hydrogen-bond donors (Lipinski definition) is 2. The number of carbonyl (C=O) groups is 1. The number of anilines is 2. The summed E-state index contributed by atoms with van der Waals surface area (Å²) in [6.07, 6.45) is 0. The quantitative estimate of drug-likeness (QED) is 0.769. The lowest BCUT2D eigenvalue weighted by Crippen LogP contribution is -2.21. The van der Waals surface area contributed by atoms with Crippen molar-refractivity contribution in [3.63, 3.8) is 0 Å². The SMILES string of the molecule is CN(C)c1ccc(NC(=O)c2cc(-c3ccccc3)nc(=O)[nH]2)cc1. The van der Waals surface area contributed by atoms with Crippen LogP contribution in [0.4, 0.5) is 11.4 Å². The van der Waals surface area contributed by atoms with Crippen molar-refractivity contribution < 1.29 is 4.79 Å². The number of rotatable bonds is 4. The predicted molar refractivity (Wildman–Crippen MR) is 99.0 cm³/mol. The van der Waals surface area contributed by atoms with Gasteiger partial charge in [-0.05, 0) is 30.3 Å². The molecule has 0 unspecified atom stereocenters. The van der Waals surface area contributed by atoms with Crippen molar-refractivity contribution >= 4 is 17.3 Å². The molecule has 6 heteroatoms. The summed E-state index contributed by atoms with van der Waals surface area (Å²) in [5.41, 5.74) is 2.51. The van der Waals surface area contributed by atoms with Crippen molar-refractivity contribution in [3.05, 3.63) is 76.8 Å². The minimum absolute atomic E-state index is 0.163. The van der Waals surface area contributed by atoms with E-state index in [1.54, 1.807) is 6.07 Å². The van der Waals surface area contributed by atoms with E-state index in [1.165, 1.54) is 0 Å².